The monoisotopic (exact) mass is 256 g/mol. The molecule has 0 saturated carbocycles. The van der Waals surface area contributed by atoms with Crippen LogP contribution in [0.5, 0.6) is 0 Å². The van der Waals surface area contributed by atoms with Crippen LogP contribution in [-0.4, -0.2) is 13.1 Å². The Morgan fingerprint density at radius 1 is 1.14 bits per heavy atom. The molecule has 0 atom stereocenters. The van der Waals surface area contributed by atoms with Crippen LogP contribution >= 0.6 is 36.4 Å². The van der Waals surface area contributed by atoms with E-state index in [2.05, 4.69) is 5.32 Å². The Morgan fingerprint density at radius 3 is 2.21 bits per heavy atom. The second kappa shape index (κ2) is 9.56. The third-order valence-corrected chi connectivity index (χ3v) is 1.82. The number of hydrogen-bond donors (Lipinski definition) is 2. The fourth-order valence-electron chi connectivity index (χ4n) is 0.937. The Labute approximate surface area is 102 Å². The number of nitrogens with two attached hydrogens (primary N) is 1. The molecule has 0 unspecified atom stereocenters. The number of benzene rings is 1. The summed E-state index contributed by atoms with van der Waals surface area (Å²) in [5.74, 6) is 0. The number of halogens is 3. The van der Waals surface area contributed by atoms with Crippen LogP contribution in [0.25, 0.3) is 0 Å². The quantitative estimate of drug-likeness (QED) is 0.812. The zero-order valence-corrected chi connectivity index (χ0v) is 10.1. The fourth-order valence-corrected chi connectivity index (χ4v) is 1.06. The lowest BCUT2D eigenvalue weighted by atomic mass is 10.2. The Morgan fingerprint density at radius 2 is 1.71 bits per heavy atom. The SMILES string of the molecule is Cl.Cl.NCCNCc1ccc(Cl)cc1. The minimum atomic E-state index is 0. The van der Waals surface area contributed by atoms with E-state index in [1.165, 1.54) is 5.56 Å². The van der Waals surface area contributed by atoms with E-state index in [1.54, 1.807) is 0 Å². The van der Waals surface area contributed by atoms with Crippen LogP contribution in [0.4, 0.5) is 0 Å². The van der Waals surface area contributed by atoms with Crippen LogP contribution in [0, 0.1) is 0 Å². The van der Waals surface area contributed by atoms with Gasteiger partial charge < -0.3 is 11.1 Å². The Bertz CT molecular complexity index is 226. The lowest BCUT2D eigenvalue weighted by Gasteiger charge is -2.02. The topological polar surface area (TPSA) is 38.0 Å². The minimum absolute atomic E-state index is 0. The molecule has 0 aromatic heterocycles. The van der Waals surface area contributed by atoms with Crippen molar-refractivity contribution in [2.75, 3.05) is 13.1 Å². The van der Waals surface area contributed by atoms with Gasteiger partial charge >= 0.3 is 0 Å². The molecule has 0 aliphatic heterocycles. The molecule has 0 saturated heterocycles. The molecule has 3 N–H and O–H groups in total. The van der Waals surface area contributed by atoms with E-state index in [0.717, 1.165) is 18.1 Å². The van der Waals surface area contributed by atoms with Crippen molar-refractivity contribution in [1.29, 1.82) is 0 Å². The van der Waals surface area contributed by atoms with Gasteiger partial charge in [0.25, 0.3) is 0 Å². The van der Waals surface area contributed by atoms with Gasteiger partial charge in [-0.05, 0) is 17.7 Å². The van der Waals surface area contributed by atoms with Crippen molar-refractivity contribution < 1.29 is 0 Å². The zero-order valence-electron chi connectivity index (χ0n) is 7.70. The summed E-state index contributed by atoms with van der Waals surface area (Å²) in [5, 5.41) is 3.98. The molecule has 1 aromatic carbocycles. The van der Waals surface area contributed by atoms with E-state index in [0.29, 0.717) is 6.54 Å². The molecule has 0 fully saturated rings. The lowest BCUT2D eigenvalue weighted by molar-refractivity contribution is 0.695. The molecule has 0 aliphatic carbocycles. The summed E-state index contributed by atoms with van der Waals surface area (Å²) in [6.45, 7) is 2.38. The van der Waals surface area contributed by atoms with E-state index >= 15 is 0 Å². The van der Waals surface area contributed by atoms with Crippen LogP contribution < -0.4 is 11.1 Å². The second-order valence-electron chi connectivity index (χ2n) is 2.59. The molecule has 0 amide bonds. The molecule has 5 heteroatoms. The Hall–Kier alpha value is 0.01000. The number of hydrogen-bond acceptors (Lipinski definition) is 2. The number of nitrogens with one attached hydrogen (secondary N) is 1. The van der Waals surface area contributed by atoms with E-state index in [9.17, 15) is 0 Å². The third kappa shape index (κ3) is 6.46. The first-order valence-electron chi connectivity index (χ1n) is 3.98. The molecule has 0 spiro atoms. The smallest absolute Gasteiger partial charge is 0.0406 e. The molecule has 0 aliphatic rings. The highest BCUT2D eigenvalue weighted by molar-refractivity contribution is 6.30. The summed E-state index contributed by atoms with van der Waals surface area (Å²) in [6.07, 6.45) is 0. The first kappa shape index (κ1) is 16.4. The molecule has 0 heterocycles. The van der Waals surface area contributed by atoms with E-state index in [4.69, 9.17) is 17.3 Å². The highest BCUT2D eigenvalue weighted by atomic mass is 35.5. The maximum atomic E-state index is 5.73. The zero-order chi connectivity index (χ0) is 8.81. The van der Waals surface area contributed by atoms with Gasteiger partial charge in [0, 0.05) is 24.7 Å². The number of rotatable bonds is 4. The first-order chi connectivity index (χ1) is 5.83. The highest BCUT2D eigenvalue weighted by Gasteiger charge is 1.91. The molecule has 2 nitrogen and oxygen atoms in total. The summed E-state index contributed by atoms with van der Waals surface area (Å²) in [6, 6.07) is 7.79. The summed E-state index contributed by atoms with van der Waals surface area (Å²) < 4.78 is 0. The second-order valence-corrected chi connectivity index (χ2v) is 3.03. The van der Waals surface area contributed by atoms with Crippen LogP contribution in [0.1, 0.15) is 5.56 Å². The van der Waals surface area contributed by atoms with Crippen LogP contribution in [0.2, 0.25) is 5.02 Å². The molecule has 14 heavy (non-hydrogen) atoms. The van der Waals surface area contributed by atoms with Gasteiger partial charge in [0.15, 0.2) is 0 Å². The molecule has 1 rings (SSSR count). The van der Waals surface area contributed by atoms with Gasteiger partial charge in [-0.2, -0.15) is 0 Å². The molecular formula is C9H15Cl3N2. The van der Waals surface area contributed by atoms with E-state index in [1.807, 2.05) is 24.3 Å². The van der Waals surface area contributed by atoms with Crippen molar-refractivity contribution in [3.63, 3.8) is 0 Å². The lowest BCUT2D eigenvalue weighted by Crippen LogP contribution is -2.21. The van der Waals surface area contributed by atoms with Crippen molar-refractivity contribution >= 4 is 36.4 Å². The predicted octanol–water partition coefficient (Wildman–Crippen LogP) is 2.23. The standard InChI is InChI=1S/C9H13ClN2.2ClH/c10-9-3-1-8(2-4-9)7-12-6-5-11;;/h1-4,12H,5-7,11H2;2*1H. The van der Waals surface area contributed by atoms with Gasteiger partial charge in [0.2, 0.25) is 0 Å². The first-order valence-corrected chi connectivity index (χ1v) is 4.36. The largest absolute Gasteiger partial charge is 0.329 e. The van der Waals surface area contributed by atoms with Crippen molar-refractivity contribution in [3.05, 3.63) is 34.9 Å². The summed E-state index contributed by atoms with van der Waals surface area (Å²) in [7, 11) is 0. The minimum Gasteiger partial charge on any atom is -0.329 e. The Balaban J connectivity index is 0. The van der Waals surface area contributed by atoms with Gasteiger partial charge in [-0.25, -0.2) is 0 Å². The van der Waals surface area contributed by atoms with Crippen molar-refractivity contribution in [1.82, 2.24) is 5.32 Å². The van der Waals surface area contributed by atoms with Gasteiger partial charge in [0.05, 0.1) is 0 Å². The van der Waals surface area contributed by atoms with Crippen LogP contribution in [-0.2, 0) is 6.54 Å². The van der Waals surface area contributed by atoms with Gasteiger partial charge in [-0.3, -0.25) is 0 Å². The molecule has 1 aromatic rings. The Kier molecular flexibility index (Phi) is 11.2. The van der Waals surface area contributed by atoms with Gasteiger partial charge in [-0.1, -0.05) is 23.7 Å². The van der Waals surface area contributed by atoms with Gasteiger partial charge in [0.1, 0.15) is 0 Å². The van der Waals surface area contributed by atoms with Crippen LogP contribution in [0.15, 0.2) is 24.3 Å². The molecule has 0 bridgehead atoms. The molecular weight excluding hydrogens is 242 g/mol. The molecule has 0 radical (unpaired) electrons. The average Bonchev–Trinajstić information content (AvgIpc) is 2.09. The predicted molar refractivity (Wildman–Crippen MR) is 66.7 cm³/mol. The normalized spacial score (nSPS) is 8.71. The van der Waals surface area contributed by atoms with Gasteiger partial charge in [-0.15, -0.1) is 24.8 Å². The third-order valence-electron chi connectivity index (χ3n) is 1.56. The maximum Gasteiger partial charge on any atom is 0.0406 e. The van der Waals surface area contributed by atoms with Crippen LogP contribution in [0.3, 0.4) is 0 Å². The summed E-state index contributed by atoms with van der Waals surface area (Å²) in [4.78, 5) is 0. The highest BCUT2D eigenvalue weighted by Crippen LogP contribution is 2.08. The fraction of sp³-hybridized carbons (Fsp3) is 0.333. The molecule has 82 valence electrons. The van der Waals surface area contributed by atoms with Crippen molar-refractivity contribution in [3.8, 4) is 0 Å². The summed E-state index contributed by atoms with van der Waals surface area (Å²) >= 11 is 5.73. The van der Waals surface area contributed by atoms with E-state index in [-0.39, 0.29) is 24.8 Å². The average molecular weight is 258 g/mol. The summed E-state index contributed by atoms with van der Waals surface area (Å²) in [5.41, 5.74) is 6.56. The van der Waals surface area contributed by atoms with E-state index < -0.39 is 0 Å². The van der Waals surface area contributed by atoms with Crippen molar-refractivity contribution in [2.24, 2.45) is 5.73 Å². The maximum absolute atomic E-state index is 5.73. The van der Waals surface area contributed by atoms with Crippen molar-refractivity contribution in [2.45, 2.75) is 6.54 Å².